The molecule has 0 radical (unpaired) electrons. The first-order valence-electron chi connectivity index (χ1n) is 5.21. The maximum Gasteiger partial charge on any atom is 0.212 e. The van der Waals surface area contributed by atoms with E-state index in [0.717, 1.165) is 11.4 Å². The summed E-state index contributed by atoms with van der Waals surface area (Å²) in [4.78, 5) is 5.68. The van der Waals surface area contributed by atoms with E-state index in [-0.39, 0.29) is 6.61 Å². The van der Waals surface area contributed by atoms with E-state index < -0.39 is 0 Å². The Balaban J connectivity index is 2.08. The molecule has 0 aliphatic rings. The van der Waals surface area contributed by atoms with E-state index in [1.54, 1.807) is 7.05 Å². The van der Waals surface area contributed by atoms with E-state index in [4.69, 9.17) is 10.5 Å². The third-order valence-electron chi connectivity index (χ3n) is 2.17. The van der Waals surface area contributed by atoms with Gasteiger partial charge in [-0.25, -0.2) is 0 Å². The summed E-state index contributed by atoms with van der Waals surface area (Å²) in [6.07, 6.45) is 0. The van der Waals surface area contributed by atoms with Crippen molar-refractivity contribution in [3.05, 3.63) is 29.3 Å². The van der Waals surface area contributed by atoms with Gasteiger partial charge in [-0.2, -0.15) is 4.80 Å². The molecule has 7 nitrogen and oxygen atoms in total. The molecule has 17 heavy (non-hydrogen) atoms. The molecule has 0 fully saturated rings. The number of tetrazole rings is 1. The predicted octanol–water partition coefficient (Wildman–Crippen LogP) is -0.0488. The van der Waals surface area contributed by atoms with Crippen LogP contribution in [0, 0.1) is 6.92 Å². The van der Waals surface area contributed by atoms with Crippen LogP contribution in [0.4, 0.5) is 0 Å². The second-order valence-corrected chi connectivity index (χ2v) is 3.59. The van der Waals surface area contributed by atoms with Gasteiger partial charge in [0, 0.05) is 12.2 Å². The van der Waals surface area contributed by atoms with Gasteiger partial charge >= 0.3 is 0 Å². The SMILES string of the molecule is Cc1ccc(OCc2nnn(C)n2)c(CN)n1. The van der Waals surface area contributed by atoms with Gasteiger partial charge < -0.3 is 10.5 Å². The molecule has 0 amide bonds. The third kappa shape index (κ3) is 2.76. The summed E-state index contributed by atoms with van der Waals surface area (Å²) >= 11 is 0. The summed E-state index contributed by atoms with van der Waals surface area (Å²) < 4.78 is 5.56. The van der Waals surface area contributed by atoms with Gasteiger partial charge in [0.25, 0.3) is 0 Å². The van der Waals surface area contributed by atoms with Gasteiger partial charge in [0.15, 0.2) is 6.61 Å². The highest BCUT2D eigenvalue weighted by atomic mass is 16.5. The number of rotatable bonds is 4. The minimum atomic E-state index is 0.256. The van der Waals surface area contributed by atoms with Crippen LogP contribution < -0.4 is 10.5 Å². The minimum absolute atomic E-state index is 0.256. The molecule has 0 atom stereocenters. The first kappa shape index (κ1) is 11.5. The molecule has 2 heterocycles. The van der Waals surface area contributed by atoms with Gasteiger partial charge in [0.05, 0.1) is 12.7 Å². The van der Waals surface area contributed by atoms with Crippen LogP contribution in [-0.4, -0.2) is 25.2 Å². The lowest BCUT2D eigenvalue weighted by Gasteiger charge is -2.08. The molecule has 2 aromatic heterocycles. The van der Waals surface area contributed by atoms with Crippen LogP contribution in [0.3, 0.4) is 0 Å². The highest BCUT2D eigenvalue weighted by Crippen LogP contribution is 2.17. The molecule has 0 unspecified atom stereocenters. The van der Waals surface area contributed by atoms with Crippen molar-refractivity contribution >= 4 is 0 Å². The topological polar surface area (TPSA) is 91.7 Å². The van der Waals surface area contributed by atoms with E-state index in [9.17, 15) is 0 Å². The normalized spacial score (nSPS) is 10.5. The van der Waals surface area contributed by atoms with Crippen molar-refractivity contribution in [2.24, 2.45) is 12.8 Å². The van der Waals surface area contributed by atoms with Gasteiger partial charge in [0.1, 0.15) is 5.75 Å². The zero-order valence-corrected chi connectivity index (χ0v) is 9.79. The summed E-state index contributed by atoms with van der Waals surface area (Å²) in [6, 6.07) is 3.72. The van der Waals surface area contributed by atoms with Crippen molar-refractivity contribution in [3.63, 3.8) is 0 Å². The molecule has 7 heteroatoms. The predicted molar refractivity (Wildman–Crippen MR) is 60.0 cm³/mol. The molecular weight excluding hydrogens is 220 g/mol. The average molecular weight is 234 g/mol. The highest BCUT2D eigenvalue weighted by molar-refractivity contribution is 5.29. The monoisotopic (exact) mass is 234 g/mol. The van der Waals surface area contributed by atoms with Crippen molar-refractivity contribution in [2.45, 2.75) is 20.1 Å². The van der Waals surface area contributed by atoms with Crippen molar-refractivity contribution in [3.8, 4) is 5.75 Å². The van der Waals surface area contributed by atoms with Crippen LogP contribution in [0.1, 0.15) is 17.2 Å². The molecule has 0 saturated carbocycles. The summed E-state index contributed by atoms with van der Waals surface area (Å²) in [5, 5.41) is 11.6. The minimum Gasteiger partial charge on any atom is -0.483 e. The Morgan fingerprint density at radius 2 is 2.24 bits per heavy atom. The number of nitrogens with two attached hydrogens (primary N) is 1. The van der Waals surface area contributed by atoms with Crippen LogP contribution >= 0.6 is 0 Å². The second-order valence-electron chi connectivity index (χ2n) is 3.59. The van der Waals surface area contributed by atoms with Crippen LogP contribution in [0.2, 0.25) is 0 Å². The standard InChI is InChI=1S/C10H14N6O/c1-7-3-4-9(8(5-11)12-7)17-6-10-13-15-16(2)14-10/h3-4H,5-6,11H2,1-2H3. The summed E-state index contributed by atoms with van der Waals surface area (Å²) in [5.74, 6) is 1.18. The van der Waals surface area contributed by atoms with E-state index >= 15 is 0 Å². The van der Waals surface area contributed by atoms with Crippen LogP contribution in [-0.2, 0) is 20.2 Å². The summed E-state index contributed by atoms with van der Waals surface area (Å²) in [5.41, 5.74) is 7.25. The Kier molecular flexibility index (Phi) is 3.29. The maximum atomic E-state index is 5.60. The number of pyridine rings is 1. The number of hydrogen-bond acceptors (Lipinski definition) is 6. The van der Waals surface area contributed by atoms with Crippen molar-refractivity contribution in [1.29, 1.82) is 0 Å². The lowest BCUT2D eigenvalue weighted by atomic mass is 10.3. The van der Waals surface area contributed by atoms with Crippen molar-refractivity contribution < 1.29 is 4.74 Å². The third-order valence-corrected chi connectivity index (χ3v) is 2.17. The van der Waals surface area contributed by atoms with Gasteiger partial charge in [-0.05, 0) is 24.3 Å². The Labute approximate surface area is 98.6 Å². The first-order valence-corrected chi connectivity index (χ1v) is 5.21. The fraction of sp³-hybridized carbons (Fsp3) is 0.400. The molecule has 0 bridgehead atoms. The number of ether oxygens (including phenoxy) is 1. The fourth-order valence-corrected chi connectivity index (χ4v) is 1.40. The van der Waals surface area contributed by atoms with Gasteiger partial charge in [-0.3, -0.25) is 4.98 Å². The molecule has 0 aromatic carbocycles. The Hall–Kier alpha value is -2.02. The lowest BCUT2D eigenvalue weighted by Crippen LogP contribution is -2.06. The molecule has 2 aromatic rings. The van der Waals surface area contributed by atoms with E-state index in [1.165, 1.54) is 4.80 Å². The Morgan fingerprint density at radius 1 is 1.41 bits per heavy atom. The molecule has 2 rings (SSSR count). The average Bonchev–Trinajstić information content (AvgIpc) is 2.73. The maximum absolute atomic E-state index is 5.60. The molecule has 90 valence electrons. The molecule has 0 aliphatic heterocycles. The molecule has 0 aliphatic carbocycles. The zero-order chi connectivity index (χ0) is 12.3. The number of aromatic nitrogens is 5. The smallest absolute Gasteiger partial charge is 0.212 e. The molecule has 0 saturated heterocycles. The van der Waals surface area contributed by atoms with Crippen LogP contribution in [0.15, 0.2) is 12.1 Å². The second kappa shape index (κ2) is 4.88. The first-order chi connectivity index (χ1) is 8.19. The largest absolute Gasteiger partial charge is 0.483 e. The van der Waals surface area contributed by atoms with Gasteiger partial charge in [-0.15, -0.1) is 10.2 Å². The molecule has 2 N–H and O–H groups in total. The van der Waals surface area contributed by atoms with Crippen molar-refractivity contribution in [2.75, 3.05) is 0 Å². The quantitative estimate of drug-likeness (QED) is 0.797. The summed E-state index contributed by atoms with van der Waals surface area (Å²) in [7, 11) is 1.70. The number of nitrogens with zero attached hydrogens (tertiary/aromatic N) is 5. The number of aryl methyl sites for hydroxylation is 2. The molecular formula is C10H14N6O. The van der Waals surface area contributed by atoms with E-state index in [1.807, 2.05) is 19.1 Å². The van der Waals surface area contributed by atoms with Gasteiger partial charge in [0.2, 0.25) is 5.82 Å². The lowest BCUT2D eigenvalue weighted by molar-refractivity contribution is 0.290. The van der Waals surface area contributed by atoms with E-state index in [0.29, 0.717) is 18.1 Å². The Bertz CT molecular complexity index is 509. The highest BCUT2D eigenvalue weighted by Gasteiger charge is 2.06. The summed E-state index contributed by atoms with van der Waals surface area (Å²) in [6.45, 7) is 2.50. The Morgan fingerprint density at radius 3 is 2.88 bits per heavy atom. The van der Waals surface area contributed by atoms with Crippen molar-refractivity contribution in [1.82, 2.24) is 25.2 Å². The number of hydrogen-bond donors (Lipinski definition) is 1. The fourth-order valence-electron chi connectivity index (χ4n) is 1.40. The van der Waals surface area contributed by atoms with Crippen LogP contribution in [0.5, 0.6) is 5.75 Å². The van der Waals surface area contributed by atoms with E-state index in [2.05, 4.69) is 20.4 Å². The zero-order valence-electron chi connectivity index (χ0n) is 9.79. The van der Waals surface area contributed by atoms with Crippen LogP contribution in [0.25, 0.3) is 0 Å². The van der Waals surface area contributed by atoms with Gasteiger partial charge in [-0.1, -0.05) is 0 Å². The molecule has 0 spiro atoms.